The number of aryl methyl sites for hydroxylation is 1. The molecule has 3 nitrogen and oxygen atoms in total. The Hall–Kier alpha value is -1.22. The molecular formula is C23H40N2O. The van der Waals surface area contributed by atoms with Gasteiger partial charge in [0.05, 0.1) is 19.8 Å². The summed E-state index contributed by atoms with van der Waals surface area (Å²) in [7, 11) is 4.05. The molecule has 0 spiro atoms. The molecule has 0 amide bonds. The van der Waals surface area contributed by atoms with Crippen LogP contribution in [0.4, 0.5) is 5.69 Å². The topological polar surface area (TPSA) is 15.7 Å². The van der Waals surface area contributed by atoms with Crippen molar-refractivity contribution in [3.8, 4) is 5.75 Å². The summed E-state index contributed by atoms with van der Waals surface area (Å²) in [4.78, 5) is 5.19. The maximum Gasteiger partial charge on any atom is 0.122 e. The van der Waals surface area contributed by atoms with Crippen LogP contribution in [0.1, 0.15) is 72.4 Å². The first-order valence-electron chi connectivity index (χ1n) is 9.94. The molecule has 1 aliphatic rings. The number of nitrogens with zero attached hydrogens (tertiary/aromatic N) is 2. The zero-order valence-electron chi connectivity index (χ0n) is 18.9. The molecule has 3 heteroatoms. The minimum absolute atomic E-state index is 0.185. The number of rotatable bonds is 3. The Balaban J connectivity index is 2.64. The Bertz CT molecular complexity index is 637. The highest BCUT2D eigenvalue weighted by molar-refractivity contribution is 5.62. The summed E-state index contributed by atoms with van der Waals surface area (Å²) < 4.78 is 5.62. The number of benzene rings is 1. The highest BCUT2D eigenvalue weighted by Gasteiger charge is 2.49. The van der Waals surface area contributed by atoms with Gasteiger partial charge in [0, 0.05) is 11.7 Å². The predicted molar refractivity (Wildman–Crippen MR) is 113 cm³/mol. The normalized spacial score (nSPS) is 22.4. The van der Waals surface area contributed by atoms with Gasteiger partial charge in [-0.2, -0.15) is 0 Å². The third-order valence-corrected chi connectivity index (χ3v) is 5.74. The summed E-state index contributed by atoms with van der Waals surface area (Å²) in [6.45, 7) is 21.9. The Morgan fingerprint density at radius 1 is 1.00 bits per heavy atom. The SMILES string of the molecule is COc1cc(C(C)C)c(N2CN(C)[C@H](C(C)(C)C)[C@H]2C(C)(C)C)cc1C. The first kappa shape index (κ1) is 21.1. The summed E-state index contributed by atoms with van der Waals surface area (Å²) in [6.07, 6.45) is 0. The van der Waals surface area contributed by atoms with Crippen molar-refractivity contribution in [2.75, 3.05) is 25.7 Å². The molecule has 1 heterocycles. The third kappa shape index (κ3) is 3.88. The molecule has 0 unspecified atom stereocenters. The fraction of sp³-hybridized carbons (Fsp3) is 0.739. The van der Waals surface area contributed by atoms with E-state index in [2.05, 4.69) is 91.3 Å². The van der Waals surface area contributed by atoms with Gasteiger partial charge in [0.1, 0.15) is 5.75 Å². The van der Waals surface area contributed by atoms with Crippen LogP contribution in [0.25, 0.3) is 0 Å². The minimum Gasteiger partial charge on any atom is -0.496 e. The Kier molecular flexibility index (Phi) is 5.73. The molecule has 0 saturated carbocycles. The highest BCUT2D eigenvalue weighted by Crippen LogP contribution is 2.45. The van der Waals surface area contributed by atoms with E-state index in [9.17, 15) is 0 Å². The Labute approximate surface area is 161 Å². The molecule has 1 aromatic rings. The summed E-state index contributed by atoms with van der Waals surface area (Å²) >= 11 is 0. The van der Waals surface area contributed by atoms with Crippen LogP contribution in [-0.4, -0.2) is 37.8 Å². The molecule has 1 saturated heterocycles. The second-order valence-electron chi connectivity index (χ2n) is 10.5. The van der Waals surface area contributed by atoms with Crippen LogP contribution in [0.15, 0.2) is 12.1 Å². The quantitative estimate of drug-likeness (QED) is 0.691. The van der Waals surface area contributed by atoms with Crippen LogP contribution in [-0.2, 0) is 0 Å². The molecule has 1 fully saturated rings. The number of ether oxygens (including phenoxy) is 1. The largest absolute Gasteiger partial charge is 0.496 e. The standard InChI is InChI=1S/C23H40N2O/c1-15(2)17-13-19(26-11)16(3)12-18(17)25-14-24(10)20(22(4,5)6)21(25)23(7,8)9/h12-13,15,20-21H,14H2,1-11H3/t20-,21-/m0/s1. The van der Waals surface area contributed by atoms with Crippen molar-refractivity contribution < 1.29 is 4.74 Å². The lowest BCUT2D eigenvalue weighted by Gasteiger charge is -2.44. The molecule has 0 bridgehead atoms. The fourth-order valence-electron chi connectivity index (χ4n) is 4.75. The lowest BCUT2D eigenvalue weighted by atomic mass is 9.72. The van der Waals surface area contributed by atoms with Gasteiger partial charge in [0.2, 0.25) is 0 Å². The smallest absolute Gasteiger partial charge is 0.122 e. The van der Waals surface area contributed by atoms with Gasteiger partial charge in [0.25, 0.3) is 0 Å². The molecule has 0 aliphatic carbocycles. The molecule has 1 aliphatic heterocycles. The van der Waals surface area contributed by atoms with Crippen LogP contribution in [0.5, 0.6) is 5.75 Å². The zero-order chi connectivity index (χ0) is 20.0. The van der Waals surface area contributed by atoms with Crippen molar-refractivity contribution in [1.82, 2.24) is 4.90 Å². The molecule has 2 rings (SSSR count). The predicted octanol–water partition coefficient (Wildman–Crippen LogP) is 5.67. The molecule has 148 valence electrons. The molecule has 1 aromatic carbocycles. The second-order valence-corrected chi connectivity index (χ2v) is 10.5. The number of anilines is 1. The van der Waals surface area contributed by atoms with Crippen LogP contribution >= 0.6 is 0 Å². The van der Waals surface area contributed by atoms with Gasteiger partial charge in [-0.3, -0.25) is 4.90 Å². The summed E-state index contributed by atoms with van der Waals surface area (Å²) in [5.41, 5.74) is 4.37. The van der Waals surface area contributed by atoms with Gasteiger partial charge in [0.15, 0.2) is 0 Å². The van der Waals surface area contributed by atoms with Crippen LogP contribution in [0.3, 0.4) is 0 Å². The van der Waals surface area contributed by atoms with E-state index in [-0.39, 0.29) is 10.8 Å². The molecule has 0 aromatic heterocycles. The van der Waals surface area contributed by atoms with Crippen molar-refractivity contribution in [3.63, 3.8) is 0 Å². The van der Waals surface area contributed by atoms with Crippen molar-refractivity contribution >= 4 is 5.69 Å². The van der Waals surface area contributed by atoms with E-state index in [1.165, 1.54) is 16.8 Å². The van der Waals surface area contributed by atoms with E-state index in [0.29, 0.717) is 18.0 Å². The number of hydrogen-bond donors (Lipinski definition) is 0. The van der Waals surface area contributed by atoms with Crippen molar-refractivity contribution in [2.45, 2.75) is 80.3 Å². The van der Waals surface area contributed by atoms with Crippen LogP contribution in [0, 0.1) is 17.8 Å². The average Bonchev–Trinajstić information content (AvgIpc) is 2.84. The van der Waals surface area contributed by atoms with Gasteiger partial charge in [-0.15, -0.1) is 0 Å². The first-order valence-corrected chi connectivity index (χ1v) is 9.94. The summed E-state index contributed by atoms with van der Waals surface area (Å²) in [5, 5.41) is 0. The maximum absolute atomic E-state index is 5.62. The number of likely N-dealkylation sites (N-methyl/N-ethyl adjacent to an activating group) is 1. The van der Waals surface area contributed by atoms with E-state index in [1.807, 2.05) is 0 Å². The van der Waals surface area contributed by atoms with Gasteiger partial charge >= 0.3 is 0 Å². The fourth-order valence-corrected chi connectivity index (χ4v) is 4.75. The number of hydrogen-bond acceptors (Lipinski definition) is 3. The average molecular weight is 361 g/mol. The monoisotopic (exact) mass is 360 g/mol. The zero-order valence-corrected chi connectivity index (χ0v) is 18.9. The van der Waals surface area contributed by atoms with Gasteiger partial charge in [-0.1, -0.05) is 55.4 Å². The third-order valence-electron chi connectivity index (χ3n) is 5.74. The Morgan fingerprint density at radius 2 is 1.54 bits per heavy atom. The van der Waals surface area contributed by atoms with Crippen molar-refractivity contribution in [3.05, 3.63) is 23.3 Å². The van der Waals surface area contributed by atoms with E-state index in [0.717, 1.165) is 12.4 Å². The van der Waals surface area contributed by atoms with Gasteiger partial charge in [-0.25, -0.2) is 0 Å². The summed E-state index contributed by atoms with van der Waals surface area (Å²) in [6, 6.07) is 5.55. The van der Waals surface area contributed by atoms with Crippen molar-refractivity contribution in [1.29, 1.82) is 0 Å². The van der Waals surface area contributed by atoms with Crippen LogP contribution < -0.4 is 9.64 Å². The van der Waals surface area contributed by atoms with Gasteiger partial charge < -0.3 is 9.64 Å². The van der Waals surface area contributed by atoms with Crippen LogP contribution in [0.2, 0.25) is 0 Å². The van der Waals surface area contributed by atoms with E-state index in [1.54, 1.807) is 7.11 Å². The van der Waals surface area contributed by atoms with E-state index in [4.69, 9.17) is 4.74 Å². The van der Waals surface area contributed by atoms with E-state index >= 15 is 0 Å². The minimum atomic E-state index is 0.185. The molecule has 2 atom stereocenters. The van der Waals surface area contributed by atoms with E-state index < -0.39 is 0 Å². The molecular weight excluding hydrogens is 320 g/mol. The molecule has 0 radical (unpaired) electrons. The summed E-state index contributed by atoms with van der Waals surface area (Å²) in [5.74, 6) is 1.45. The molecule has 26 heavy (non-hydrogen) atoms. The van der Waals surface area contributed by atoms with Crippen molar-refractivity contribution in [2.24, 2.45) is 10.8 Å². The number of methoxy groups -OCH3 is 1. The lowest BCUT2D eigenvalue weighted by Crippen LogP contribution is -2.51. The maximum atomic E-state index is 5.62. The first-order chi connectivity index (χ1) is 11.8. The highest BCUT2D eigenvalue weighted by atomic mass is 16.5. The lowest BCUT2D eigenvalue weighted by molar-refractivity contribution is 0.118. The molecule has 0 N–H and O–H groups in total. The Morgan fingerprint density at radius 3 is 1.96 bits per heavy atom. The van der Waals surface area contributed by atoms with Gasteiger partial charge in [-0.05, 0) is 54.0 Å². The second kappa shape index (κ2) is 7.07.